The highest BCUT2D eigenvalue weighted by Crippen LogP contribution is 2.21. The molecule has 0 aromatic heterocycles. The summed E-state index contributed by atoms with van der Waals surface area (Å²) in [4.78, 5) is 15.8. The first-order valence-electron chi connectivity index (χ1n) is 7.82. The van der Waals surface area contributed by atoms with Gasteiger partial charge in [0.05, 0.1) is 6.61 Å². The number of ether oxygens (including phenoxy) is 1. The summed E-state index contributed by atoms with van der Waals surface area (Å²) in [5, 5.41) is 0. The molecular formula is C15H31N3O2. The van der Waals surface area contributed by atoms with Crippen molar-refractivity contribution in [3.8, 4) is 0 Å². The van der Waals surface area contributed by atoms with Crippen LogP contribution in [0.25, 0.3) is 0 Å². The Bertz CT molecular complexity index is 287. The maximum absolute atomic E-state index is 11.6. The summed E-state index contributed by atoms with van der Waals surface area (Å²) < 4.78 is 5.02. The Labute approximate surface area is 123 Å². The summed E-state index contributed by atoms with van der Waals surface area (Å²) >= 11 is 0. The third-order valence-corrected chi connectivity index (χ3v) is 4.03. The van der Waals surface area contributed by atoms with Gasteiger partial charge in [0.2, 0.25) is 0 Å². The largest absolute Gasteiger partial charge is 0.450 e. The number of nitrogens with two attached hydrogens (primary N) is 1. The number of carbonyl (C=O) groups excluding carboxylic acids is 1. The molecule has 1 fully saturated rings. The molecule has 0 aliphatic carbocycles. The molecular weight excluding hydrogens is 254 g/mol. The predicted molar refractivity (Wildman–Crippen MR) is 81.7 cm³/mol. The van der Waals surface area contributed by atoms with E-state index in [0.29, 0.717) is 6.61 Å². The lowest BCUT2D eigenvalue weighted by molar-refractivity contribution is 0.0789. The van der Waals surface area contributed by atoms with Crippen LogP contribution in [-0.2, 0) is 4.74 Å². The zero-order chi connectivity index (χ0) is 15.0. The molecule has 1 aliphatic rings. The first-order chi connectivity index (χ1) is 9.48. The van der Waals surface area contributed by atoms with E-state index in [2.05, 4.69) is 18.7 Å². The van der Waals surface area contributed by atoms with Crippen LogP contribution < -0.4 is 5.73 Å². The summed E-state index contributed by atoms with van der Waals surface area (Å²) in [7, 11) is 0. The van der Waals surface area contributed by atoms with Gasteiger partial charge in [0.15, 0.2) is 0 Å². The molecule has 118 valence electrons. The quantitative estimate of drug-likeness (QED) is 0.726. The molecule has 1 amide bonds. The van der Waals surface area contributed by atoms with Crippen molar-refractivity contribution in [2.75, 3.05) is 45.9 Å². The maximum Gasteiger partial charge on any atom is 0.409 e. The number of nitrogens with zero attached hydrogens (tertiary/aromatic N) is 2. The van der Waals surface area contributed by atoms with Crippen LogP contribution in [-0.4, -0.2) is 61.8 Å². The van der Waals surface area contributed by atoms with Gasteiger partial charge in [-0.1, -0.05) is 20.3 Å². The van der Waals surface area contributed by atoms with Crippen LogP contribution in [0.1, 0.15) is 40.0 Å². The SMILES string of the molecule is CCOC(=O)N1CCN(CCCCC(C)(C)CN)CC1. The molecule has 5 heteroatoms. The highest BCUT2D eigenvalue weighted by molar-refractivity contribution is 5.67. The van der Waals surface area contributed by atoms with Crippen molar-refractivity contribution in [2.45, 2.75) is 40.0 Å². The number of hydrogen-bond acceptors (Lipinski definition) is 4. The lowest BCUT2D eigenvalue weighted by Gasteiger charge is -2.34. The molecule has 0 atom stereocenters. The molecule has 0 spiro atoms. The van der Waals surface area contributed by atoms with Crippen molar-refractivity contribution in [3.63, 3.8) is 0 Å². The molecule has 1 aliphatic heterocycles. The Morgan fingerprint density at radius 2 is 1.85 bits per heavy atom. The average Bonchev–Trinajstić information content (AvgIpc) is 2.44. The molecule has 0 unspecified atom stereocenters. The van der Waals surface area contributed by atoms with Crippen molar-refractivity contribution in [3.05, 3.63) is 0 Å². The van der Waals surface area contributed by atoms with Gasteiger partial charge < -0.3 is 15.4 Å². The molecule has 0 aromatic rings. The van der Waals surface area contributed by atoms with E-state index in [1.807, 2.05) is 6.92 Å². The first-order valence-corrected chi connectivity index (χ1v) is 7.82. The monoisotopic (exact) mass is 285 g/mol. The van der Waals surface area contributed by atoms with E-state index in [4.69, 9.17) is 10.5 Å². The Morgan fingerprint density at radius 1 is 1.20 bits per heavy atom. The van der Waals surface area contributed by atoms with E-state index >= 15 is 0 Å². The van der Waals surface area contributed by atoms with Gasteiger partial charge in [-0.25, -0.2) is 4.79 Å². The van der Waals surface area contributed by atoms with Gasteiger partial charge in [-0.15, -0.1) is 0 Å². The van der Waals surface area contributed by atoms with Crippen molar-refractivity contribution < 1.29 is 9.53 Å². The number of amides is 1. The van der Waals surface area contributed by atoms with Crippen molar-refractivity contribution in [2.24, 2.45) is 11.1 Å². The molecule has 20 heavy (non-hydrogen) atoms. The van der Waals surface area contributed by atoms with Crippen LogP contribution in [0.5, 0.6) is 0 Å². The smallest absolute Gasteiger partial charge is 0.409 e. The molecule has 0 saturated carbocycles. The topological polar surface area (TPSA) is 58.8 Å². The van der Waals surface area contributed by atoms with Gasteiger partial charge in [-0.3, -0.25) is 4.90 Å². The van der Waals surface area contributed by atoms with Gasteiger partial charge in [0.25, 0.3) is 0 Å². The third kappa shape index (κ3) is 6.09. The predicted octanol–water partition coefficient (Wildman–Crippen LogP) is 1.92. The van der Waals surface area contributed by atoms with E-state index in [-0.39, 0.29) is 11.5 Å². The number of rotatable bonds is 7. The van der Waals surface area contributed by atoms with Crippen molar-refractivity contribution in [1.82, 2.24) is 9.80 Å². The normalized spacial score (nSPS) is 17.3. The molecule has 0 radical (unpaired) electrons. The number of hydrogen-bond donors (Lipinski definition) is 1. The highest BCUT2D eigenvalue weighted by atomic mass is 16.6. The minimum atomic E-state index is -0.170. The highest BCUT2D eigenvalue weighted by Gasteiger charge is 2.21. The number of piperazine rings is 1. The van der Waals surface area contributed by atoms with Gasteiger partial charge in [0.1, 0.15) is 0 Å². The first kappa shape index (κ1) is 17.2. The van der Waals surface area contributed by atoms with Crippen LogP contribution in [0.4, 0.5) is 4.79 Å². The van der Waals surface area contributed by atoms with E-state index < -0.39 is 0 Å². The Hall–Kier alpha value is -0.810. The van der Waals surface area contributed by atoms with Crippen molar-refractivity contribution in [1.29, 1.82) is 0 Å². The standard InChI is InChI=1S/C15H31N3O2/c1-4-20-14(19)18-11-9-17(10-12-18)8-6-5-7-15(2,3)13-16/h4-13,16H2,1-3H3. The fourth-order valence-corrected chi connectivity index (χ4v) is 2.41. The van der Waals surface area contributed by atoms with Crippen LogP contribution in [0.15, 0.2) is 0 Å². The van der Waals surface area contributed by atoms with E-state index in [1.54, 1.807) is 4.90 Å². The Morgan fingerprint density at radius 3 is 2.40 bits per heavy atom. The molecule has 5 nitrogen and oxygen atoms in total. The second kappa shape index (κ2) is 8.47. The molecule has 1 heterocycles. The molecule has 1 rings (SSSR count). The molecule has 1 saturated heterocycles. The van der Waals surface area contributed by atoms with Gasteiger partial charge in [0, 0.05) is 26.2 Å². The summed E-state index contributed by atoms with van der Waals surface area (Å²) in [5.74, 6) is 0. The van der Waals surface area contributed by atoms with E-state index in [0.717, 1.165) is 39.3 Å². The maximum atomic E-state index is 11.6. The van der Waals surface area contributed by atoms with Crippen LogP contribution in [0, 0.1) is 5.41 Å². The summed E-state index contributed by atoms with van der Waals surface area (Å²) in [6.45, 7) is 12.1. The summed E-state index contributed by atoms with van der Waals surface area (Å²) in [6, 6.07) is 0. The zero-order valence-electron chi connectivity index (χ0n) is 13.4. The van der Waals surface area contributed by atoms with Gasteiger partial charge >= 0.3 is 6.09 Å². The van der Waals surface area contributed by atoms with Crippen LogP contribution in [0.2, 0.25) is 0 Å². The summed E-state index contributed by atoms with van der Waals surface area (Å²) in [6.07, 6.45) is 3.45. The number of unbranched alkanes of at least 4 members (excludes halogenated alkanes) is 1. The number of carbonyl (C=O) groups is 1. The lowest BCUT2D eigenvalue weighted by Crippen LogP contribution is -2.49. The second-order valence-electron chi connectivity index (χ2n) is 6.35. The minimum Gasteiger partial charge on any atom is -0.450 e. The van der Waals surface area contributed by atoms with Gasteiger partial charge in [-0.2, -0.15) is 0 Å². The fourth-order valence-electron chi connectivity index (χ4n) is 2.41. The van der Waals surface area contributed by atoms with E-state index in [1.165, 1.54) is 19.3 Å². The van der Waals surface area contributed by atoms with Crippen LogP contribution in [0.3, 0.4) is 0 Å². The van der Waals surface area contributed by atoms with Crippen LogP contribution >= 0.6 is 0 Å². The average molecular weight is 285 g/mol. The third-order valence-electron chi connectivity index (χ3n) is 4.03. The second-order valence-corrected chi connectivity index (χ2v) is 6.35. The molecule has 2 N–H and O–H groups in total. The van der Waals surface area contributed by atoms with E-state index in [9.17, 15) is 4.79 Å². The fraction of sp³-hybridized carbons (Fsp3) is 0.933. The van der Waals surface area contributed by atoms with Gasteiger partial charge in [-0.05, 0) is 38.3 Å². The van der Waals surface area contributed by atoms with Crippen molar-refractivity contribution >= 4 is 6.09 Å². The summed E-state index contributed by atoms with van der Waals surface area (Å²) in [5.41, 5.74) is 6.01. The minimum absolute atomic E-state index is 0.170. The lowest BCUT2D eigenvalue weighted by atomic mass is 9.87. The zero-order valence-corrected chi connectivity index (χ0v) is 13.4. The molecule has 0 aromatic carbocycles. The Kier molecular flexibility index (Phi) is 7.30. The Balaban J connectivity index is 2.12. The molecule has 0 bridgehead atoms.